The van der Waals surface area contributed by atoms with E-state index in [9.17, 15) is 13.2 Å². The van der Waals surface area contributed by atoms with Gasteiger partial charge in [-0.15, -0.1) is 0 Å². The lowest BCUT2D eigenvalue weighted by Crippen LogP contribution is -2.34. The highest BCUT2D eigenvalue weighted by Crippen LogP contribution is 2.11. The quantitative estimate of drug-likeness (QED) is 0.555. The summed E-state index contributed by atoms with van der Waals surface area (Å²) < 4.78 is 31.4. The third-order valence-electron chi connectivity index (χ3n) is 2.65. The van der Waals surface area contributed by atoms with E-state index in [-0.39, 0.29) is 11.5 Å². The number of nitrogens with one attached hydrogen (secondary N) is 2. The Morgan fingerprint density at radius 2 is 1.81 bits per heavy atom. The second-order valence-corrected chi connectivity index (χ2v) is 6.52. The number of esters is 1. The average molecular weight is 314 g/mol. The molecule has 7 heteroatoms. The van der Waals surface area contributed by atoms with Crippen LogP contribution in [0.4, 0.5) is 0 Å². The van der Waals surface area contributed by atoms with Gasteiger partial charge >= 0.3 is 5.97 Å². The topological polar surface area (TPSA) is 84.5 Å². The highest BCUT2D eigenvalue weighted by molar-refractivity contribution is 7.89. The third-order valence-corrected chi connectivity index (χ3v) is 4.12. The highest BCUT2D eigenvalue weighted by Gasteiger charge is 2.14. The Labute approximate surface area is 125 Å². The van der Waals surface area contributed by atoms with Gasteiger partial charge in [-0.25, -0.2) is 17.9 Å². The molecular weight excluding hydrogens is 292 g/mol. The number of hydrogen-bond donors (Lipinski definition) is 2. The van der Waals surface area contributed by atoms with E-state index in [0.717, 1.165) is 0 Å². The van der Waals surface area contributed by atoms with Gasteiger partial charge in [-0.2, -0.15) is 0 Å². The predicted molar refractivity (Wildman–Crippen MR) is 80.7 cm³/mol. The number of sulfonamides is 1. The van der Waals surface area contributed by atoms with Crippen LogP contribution in [0, 0.1) is 0 Å². The maximum absolute atomic E-state index is 12.0. The SMILES string of the molecule is CCOC(=O)c1ccc(S(=O)(=O)NCCNC(C)C)cc1. The van der Waals surface area contributed by atoms with E-state index in [1.165, 1.54) is 24.3 Å². The number of benzene rings is 1. The van der Waals surface area contributed by atoms with Gasteiger partial charge in [0.15, 0.2) is 0 Å². The smallest absolute Gasteiger partial charge is 0.338 e. The summed E-state index contributed by atoms with van der Waals surface area (Å²) in [6, 6.07) is 5.98. The van der Waals surface area contributed by atoms with Gasteiger partial charge in [0.05, 0.1) is 17.1 Å². The molecule has 0 bridgehead atoms. The molecule has 6 nitrogen and oxygen atoms in total. The van der Waals surface area contributed by atoms with Crippen molar-refractivity contribution in [2.75, 3.05) is 19.7 Å². The standard InChI is InChI=1S/C14H22N2O4S/c1-4-20-14(17)12-5-7-13(8-6-12)21(18,19)16-10-9-15-11(2)3/h5-8,11,15-16H,4,9-10H2,1-3H3. The first-order valence-electron chi connectivity index (χ1n) is 6.87. The molecule has 0 saturated carbocycles. The number of ether oxygens (including phenoxy) is 1. The molecule has 2 N–H and O–H groups in total. The summed E-state index contributed by atoms with van der Waals surface area (Å²) in [5, 5.41) is 3.12. The van der Waals surface area contributed by atoms with Crippen molar-refractivity contribution < 1.29 is 17.9 Å². The summed E-state index contributed by atoms with van der Waals surface area (Å²) in [5.74, 6) is -0.462. The molecule has 0 aliphatic heterocycles. The minimum absolute atomic E-state index is 0.125. The van der Waals surface area contributed by atoms with Crippen molar-refractivity contribution >= 4 is 16.0 Å². The second kappa shape index (κ2) is 8.11. The van der Waals surface area contributed by atoms with Gasteiger partial charge in [0.2, 0.25) is 10.0 Å². The Kier molecular flexibility index (Phi) is 6.80. The molecule has 0 saturated heterocycles. The van der Waals surface area contributed by atoms with Crippen molar-refractivity contribution in [2.45, 2.75) is 31.7 Å². The summed E-state index contributed by atoms with van der Waals surface area (Å²) in [6.07, 6.45) is 0. The lowest BCUT2D eigenvalue weighted by molar-refractivity contribution is 0.0526. The summed E-state index contributed by atoms with van der Waals surface area (Å²) in [6.45, 7) is 6.83. The Morgan fingerprint density at radius 1 is 1.19 bits per heavy atom. The fourth-order valence-electron chi connectivity index (χ4n) is 1.61. The summed E-state index contributed by atoms with van der Waals surface area (Å²) in [4.78, 5) is 11.6. The van der Waals surface area contributed by atoms with Crippen molar-refractivity contribution in [1.82, 2.24) is 10.0 Å². The van der Waals surface area contributed by atoms with Crippen LogP contribution in [-0.4, -0.2) is 40.1 Å². The van der Waals surface area contributed by atoms with Gasteiger partial charge < -0.3 is 10.1 Å². The second-order valence-electron chi connectivity index (χ2n) is 4.75. The molecular formula is C14H22N2O4S. The molecule has 0 aromatic heterocycles. The van der Waals surface area contributed by atoms with Gasteiger partial charge in [-0.1, -0.05) is 13.8 Å². The summed E-state index contributed by atoms with van der Waals surface area (Å²) >= 11 is 0. The van der Waals surface area contributed by atoms with Crippen molar-refractivity contribution in [3.05, 3.63) is 29.8 Å². The van der Waals surface area contributed by atoms with Crippen LogP contribution in [0.1, 0.15) is 31.1 Å². The molecule has 21 heavy (non-hydrogen) atoms. The molecule has 0 amide bonds. The third kappa shape index (κ3) is 5.82. The Hall–Kier alpha value is -1.44. The van der Waals surface area contributed by atoms with Crippen molar-refractivity contribution in [1.29, 1.82) is 0 Å². The van der Waals surface area contributed by atoms with Gasteiger partial charge in [0.25, 0.3) is 0 Å². The Balaban J connectivity index is 2.65. The molecule has 1 rings (SSSR count). The zero-order valence-corrected chi connectivity index (χ0v) is 13.4. The van der Waals surface area contributed by atoms with Crippen LogP contribution in [0.25, 0.3) is 0 Å². The fraction of sp³-hybridized carbons (Fsp3) is 0.500. The van der Waals surface area contributed by atoms with Gasteiger partial charge in [0.1, 0.15) is 0 Å². The lowest BCUT2D eigenvalue weighted by atomic mass is 10.2. The molecule has 0 unspecified atom stereocenters. The molecule has 0 radical (unpaired) electrons. The van der Waals surface area contributed by atoms with Crippen molar-refractivity contribution in [2.24, 2.45) is 0 Å². The Bertz CT molecular complexity index is 553. The maximum Gasteiger partial charge on any atom is 0.338 e. The van der Waals surface area contributed by atoms with Crippen LogP contribution in [0.15, 0.2) is 29.2 Å². The van der Waals surface area contributed by atoms with Crippen LogP contribution < -0.4 is 10.0 Å². The Morgan fingerprint density at radius 3 is 2.33 bits per heavy atom. The molecule has 0 spiro atoms. The first-order chi connectivity index (χ1) is 9.86. The van der Waals surface area contributed by atoms with E-state index >= 15 is 0 Å². The van der Waals surface area contributed by atoms with Crippen molar-refractivity contribution in [3.8, 4) is 0 Å². The van der Waals surface area contributed by atoms with E-state index in [1.54, 1.807) is 6.92 Å². The molecule has 0 aliphatic rings. The number of carbonyl (C=O) groups is 1. The number of carbonyl (C=O) groups excluding carboxylic acids is 1. The van der Waals surface area contributed by atoms with Crippen LogP contribution in [0.2, 0.25) is 0 Å². The van der Waals surface area contributed by atoms with Crippen LogP contribution in [0.3, 0.4) is 0 Å². The summed E-state index contributed by atoms with van der Waals surface area (Å²) in [7, 11) is -3.56. The van der Waals surface area contributed by atoms with Crippen molar-refractivity contribution in [3.63, 3.8) is 0 Å². The van der Waals surface area contributed by atoms with Crippen LogP contribution >= 0.6 is 0 Å². The first kappa shape index (κ1) is 17.6. The normalized spacial score (nSPS) is 11.6. The van der Waals surface area contributed by atoms with E-state index in [2.05, 4.69) is 10.0 Å². The van der Waals surface area contributed by atoms with Crippen LogP contribution in [0.5, 0.6) is 0 Å². The predicted octanol–water partition coefficient (Wildman–Crippen LogP) is 1.14. The summed E-state index contributed by atoms with van der Waals surface area (Å²) in [5.41, 5.74) is 0.331. The largest absolute Gasteiger partial charge is 0.462 e. The van der Waals surface area contributed by atoms with Gasteiger partial charge in [0, 0.05) is 19.1 Å². The zero-order valence-electron chi connectivity index (χ0n) is 12.5. The van der Waals surface area contributed by atoms with Crippen LogP contribution in [-0.2, 0) is 14.8 Å². The van der Waals surface area contributed by atoms with E-state index in [4.69, 9.17) is 4.74 Å². The molecule has 0 aliphatic carbocycles. The number of hydrogen-bond acceptors (Lipinski definition) is 5. The molecule has 0 fully saturated rings. The molecule has 1 aromatic carbocycles. The average Bonchev–Trinajstić information content (AvgIpc) is 2.44. The maximum atomic E-state index is 12.0. The minimum Gasteiger partial charge on any atom is -0.462 e. The van der Waals surface area contributed by atoms with E-state index in [1.807, 2.05) is 13.8 Å². The van der Waals surface area contributed by atoms with Gasteiger partial charge in [-0.3, -0.25) is 0 Å². The first-order valence-corrected chi connectivity index (χ1v) is 8.35. The zero-order chi connectivity index (χ0) is 15.9. The lowest BCUT2D eigenvalue weighted by Gasteiger charge is -2.10. The monoisotopic (exact) mass is 314 g/mol. The fourth-order valence-corrected chi connectivity index (χ4v) is 2.65. The molecule has 1 aromatic rings. The molecule has 118 valence electrons. The highest BCUT2D eigenvalue weighted by atomic mass is 32.2. The van der Waals surface area contributed by atoms with E-state index in [0.29, 0.717) is 24.7 Å². The van der Waals surface area contributed by atoms with Gasteiger partial charge in [-0.05, 0) is 31.2 Å². The minimum atomic E-state index is -3.56. The number of rotatable bonds is 8. The molecule has 0 atom stereocenters. The van der Waals surface area contributed by atoms with E-state index < -0.39 is 16.0 Å². The molecule has 0 heterocycles.